The minimum absolute atomic E-state index is 0.564. The molecule has 11 aromatic rings. The molecule has 11 rings (SSSR count). The van der Waals surface area contributed by atoms with Crippen LogP contribution in [0.25, 0.3) is 87.2 Å². The molecule has 48 heavy (non-hydrogen) atoms. The van der Waals surface area contributed by atoms with Gasteiger partial charge >= 0.3 is 0 Å². The summed E-state index contributed by atoms with van der Waals surface area (Å²) in [6.45, 7) is 6.62. The first-order valence-electron chi connectivity index (χ1n) is 16.3. The zero-order valence-corrected chi connectivity index (χ0v) is 26.2. The molecule has 0 amide bonds. The first kappa shape index (κ1) is 25.8. The molecule has 0 N–H and O–H groups in total. The van der Waals surface area contributed by atoms with Gasteiger partial charge in [0.2, 0.25) is 5.88 Å². The van der Waals surface area contributed by atoms with E-state index in [0.29, 0.717) is 5.88 Å². The van der Waals surface area contributed by atoms with Crippen LogP contribution < -0.4 is 0 Å². The third-order valence-electron chi connectivity index (χ3n) is 10.4. The van der Waals surface area contributed by atoms with Crippen LogP contribution in [0.2, 0.25) is 0 Å². The zero-order valence-electron chi connectivity index (χ0n) is 26.2. The van der Waals surface area contributed by atoms with Crippen LogP contribution in [0.4, 0.5) is 5.88 Å². The van der Waals surface area contributed by atoms with Gasteiger partial charge in [0, 0.05) is 37.7 Å². The maximum absolute atomic E-state index is 6.51. The number of rotatable bonds is 3. The highest BCUT2D eigenvalue weighted by molar-refractivity contribution is 6.38. The summed E-state index contributed by atoms with van der Waals surface area (Å²) >= 11 is 0. The minimum atomic E-state index is 0.564. The predicted octanol–water partition coefficient (Wildman–Crippen LogP) is 11.9. The van der Waals surface area contributed by atoms with Crippen molar-refractivity contribution in [2.45, 2.75) is 6.92 Å². The molecule has 0 atom stereocenters. The smallest absolute Gasteiger partial charge is 0.229 e. The summed E-state index contributed by atoms with van der Waals surface area (Å²) in [7, 11) is 0. The molecular formula is C44H27N3O. The van der Waals surface area contributed by atoms with Crippen LogP contribution in [0.1, 0.15) is 18.1 Å². The maximum Gasteiger partial charge on any atom is 0.229 e. The monoisotopic (exact) mass is 613 g/mol. The molecule has 0 radical (unpaired) electrons. The number of hydrogen-bond acceptors (Lipinski definition) is 2. The van der Waals surface area contributed by atoms with Crippen molar-refractivity contribution < 1.29 is 4.42 Å². The minimum Gasteiger partial charge on any atom is -0.438 e. The SMILES string of the molecule is C=C(c1ccccc1)c1c(/N=C(\C)n2c3ccc4cccc5c4c3c3c4c(ccc6c7ccccc7n5c64)ccc32)oc2ccccc12. The Bertz CT molecular complexity index is 3130. The van der Waals surface area contributed by atoms with Crippen molar-refractivity contribution in [3.05, 3.63) is 151 Å². The predicted molar refractivity (Wildman–Crippen MR) is 202 cm³/mol. The fourth-order valence-corrected chi connectivity index (χ4v) is 8.38. The van der Waals surface area contributed by atoms with Gasteiger partial charge in [0.1, 0.15) is 11.4 Å². The van der Waals surface area contributed by atoms with Gasteiger partial charge in [-0.15, -0.1) is 0 Å². The standard InChI is InChI=1S/C44H27N3O/c1-25(27-11-4-3-5-12-27)38-32-15-7-9-18-37(32)48-44(38)45-26(2)46-35-23-20-28-13-10-17-34-39(28)41(35)42-36(46)24-21-29-19-22-31-30-14-6-8-16-33(30)47(34)43(31)40(29)42/h3-24H,1H2,2H3/b45-26+. The Morgan fingerprint density at radius 1 is 0.562 bits per heavy atom. The number of benzene rings is 7. The number of fused-ring (bicyclic) bond motifs is 5. The molecule has 0 bridgehead atoms. The van der Waals surface area contributed by atoms with Crippen molar-refractivity contribution in [2.24, 2.45) is 4.99 Å². The molecular weight excluding hydrogens is 587 g/mol. The number of hydrogen-bond donors (Lipinski definition) is 0. The van der Waals surface area contributed by atoms with Gasteiger partial charge in [0.15, 0.2) is 0 Å². The van der Waals surface area contributed by atoms with E-state index in [4.69, 9.17) is 9.41 Å². The topological polar surface area (TPSA) is 34.8 Å². The van der Waals surface area contributed by atoms with Gasteiger partial charge in [-0.1, -0.05) is 110 Å². The molecule has 4 heterocycles. The van der Waals surface area contributed by atoms with Crippen LogP contribution in [0.5, 0.6) is 0 Å². The van der Waals surface area contributed by atoms with Crippen molar-refractivity contribution in [2.75, 3.05) is 0 Å². The summed E-state index contributed by atoms with van der Waals surface area (Å²) in [6.07, 6.45) is 0. The number of aliphatic imine (C=N–C) groups is 1. The molecule has 0 aliphatic rings. The summed E-state index contributed by atoms with van der Waals surface area (Å²) < 4.78 is 11.3. The van der Waals surface area contributed by atoms with Gasteiger partial charge in [-0.3, -0.25) is 4.57 Å². The summed E-state index contributed by atoms with van der Waals surface area (Å²) in [5.74, 6) is 1.40. The molecule has 7 aromatic carbocycles. The molecule has 4 aromatic heterocycles. The van der Waals surface area contributed by atoms with Crippen LogP contribution in [-0.2, 0) is 0 Å². The second-order valence-corrected chi connectivity index (χ2v) is 12.8. The molecule has 4 nitrogen and oxygen atoms in total. The lowest BCUT2D eigenvalue weighted by Gasteiger charge is -2.11. The molecule has 4 heteroatoms. The van der Waals surface area contributed by atoms with Crippen molar-refractivity contribution >= 4 is 98.9 Å². The largest absolute Gasteiger partial charge is 0.438 e. The molecule has 0 spiro atoms. The van der Waals surface area contributed by atoms with E-state index in [2.05, 4.69) is 120 Å². The molecule has 0 fully saturated rings. The van der Waals surface area contributed by atoms with E-state index in [1.165, 1.54) is 59.6 Å². The van der Waals surface area contributed by atoms with Gasteiger partial charge in [0.05, 0.1) is 33.1 Å². The Kier molecular flexibility index (Phi) is 4.89. The second kappa shape index (κ2) is 9.11. The van der Waals surface area contributed by atoms with Crippen LogP contribution >= 0.6 is 0 Å². The van der Waals surface area contributed by atoms with Crippen LogP contribution in [0.3, 0.4) is 0 Å². The van der Waals surface area contributed by atoms with E-state index < -0.39 is 0 Å². The van der Waals surface area contributed by atoms with E-state index in [1.807, 2.05) is 36.4 Å². The number of aromatic nitrogens is 2. The lowest BCUT2D eigenvalue weighted by molar-refractivity contribution is 0.624. The molecule has 0 unspecified atom stereocenters. The molecule has 0 aliphatic carbocycles. The molecule has 0 aliphatic heterocycles. The fraction of sp³-hybridized carbons (Fsp3) is 0.0227. The summed E-state index contributed by atoms with van der Waals surface area (Å²) in [5.41, 5.74) is 9.61. The molecule has 0 saturated heterocycles. The second-order valence-electron chi connectivity index (χ2n) is 12.8. The van der Waals surface area contributed by atoms with Crippen molar-refractivity contribution in [3.63, 3.8) is 0 Å². The highest BCUT2D eigenvalue weighted by Crippen LogP contribution is 2.47. The average Bonchev–Trinajstić information content (AvgIpc) is 3.75. The number of furan rings is 1. The van der Waals surface area contributed by atoms with Crippen molar-refractivity contribution in [1.82, 2.24) is 8.97 Å². The Morgan fingerprint density at radius 3 is 2.06 bits per heavy atom. The lowest BCUT2D eigenvalue weighted by atomic mass is 9.98. The first-order valence-corrected chi connectivity index (χ1v) is 16.3. The third kappa shape index (κ3) is 3.16. The highest BCUT2D eigenvalue weighted by Gasteiger charge is 2.25. The fourth-order valence-electron chi connectivity index (χ4n) is 8.38. The number of para-hydroxylation sites is 2. The normalized spacial score (nSPS) is 12.9. The van der Waals surface area contributed by atoms with E-state index >= 15 is 0 Å². The zero-order chi connectivity index (χ0) is 31.7. The average molecular weight is 614 g/mol. The van der Waals surface area contributed by atoms with Gasteiger partial charge < -0.3 is 8.82 Å². The highest BCUT2D eigenvalue weighted by atomic mass is 16.3. The summed E-state index contributed by atoms with van der Waals surface area (Å²) in [4.78, 5) is 5.30. The number of nitrogens with zero attached hydrogens (tertiary/aromatic N) is 3. The van der Waals surface area contributed by atoms with E-state index in [1.54, 1.807) is 0 Å². The third-order valence-corrected chi connectivity index (χ3v) is 10.4. The Balaban J connectivity index is 1.29. The van der Waals surface area contributed by atoms with Crippen molar-refractivity contribution in [3.8, 4) is 0 Å². The Labute approximate surface area is 274 Å². The molecule has 224 valence electrons. The Hall–Kier alpha value is -6.39. The molecule has 0 saturated carbocycles. The van der Waals surface area contributed by atoms with E-state index in [9.17, 15) is 0 Å². The quantitative estimate of drug-likeness (QED) is 0.144. The van der Waals surface area contributed by atoms with Gasteiger partial charge in [-0.05, 0) is 59.2 Å². The van der Waals surface area contributed by atoms with Gasteiger partial charge in [0.25, 0.3) is 0 Å². The van der Waals surface area contributed by atoms with E-state index in [-0.39, 0.29) is 0 Å². The van der Waals surface area contributed by atoms with Crippen LogP contribution in [0, 0.1) is 0 Å². The van der Waals surface area contributed by atoms with Gasteiger partial charge in [-0.2, -0.15) is 4.99 Å². The summed E-state index contributed by atoms with van der Waals surface area (Å²) in [5, 5.41) is 11.1. The van der Waals surface area contributed by atoms with Gasteiger partial charge in [-0.25, -0.2) is 0 Å². The lowest BCUT2D eigenvalue weighted by Crippen LogP contribution is -2.06. The van der Waals surface area contributed by atoms with Crippen molar-refractivity contribution in [1.29, 1.82) is 0 Å². The first-order chi connectivity index (χ1) is 23.7. The summed E-state index contributed by atoms with van der Waals surface area (Å²) in [6, 6.07) is 47.5. The Morgan fingerprint density at radius 2 is 1.23 bits per heavy atom. The van der Waals surface area contributed by atoms with Crippen LogP contribution in [0.15, 0.2) is 149 Å². The van der Waals surface area contributed by atoms with Crippen LogP contribution in [-0.4, -0.2) is 14.8 Å². The van der Waals surface area contributed by atoms with E-state index in [0.717, 1.165) is 44.5 Å². The maximum atomic E-state index is 6.51.